The number of nitrogens with two attached hydrogens (primary N) is 1. The zero-order valence-electron chi connectivity index (χ0n) is 13.4. The highest BCUT2D eigenvalue weighted by Crippen LogP contribution is 2.20. The highest BCUT2D eigenvalue weighted by atomic mass is 16.5. The van der Waals surface area contributed by atoms with Crippen molar-refractivity contribution in [2.45, 2.75) is 39.2 Å². The summed E-state index contributed by atoms with van der Waals surface area (Å²) in [5.74, 6) is 6.17. The second-order valence-electron chi connectivity index (χ2n) is 5.90. The third kappa shape index (κ3) is 5.00. The number of hydrazine groups is 1. The molecule has 5 nitrogen and oxygen atoms in total. The van der Waals surface area contributed by atoms with Crippen molar-refractivity contribution in [1.29, 1.82) is 0 Å². The molecular formula is C17H27N3O2. The molecule has 1 aliphatic heterocycles. The number of carbonyl (C=O) groups is 1. The van der Waals surface area contributed by atoms with E-state index in [-0.39, 0.29) is 11.8 Å². The van der Waals surface area contributed by atoms with Gasteiger partial charge < -0.3 is 4.74 Å². The van der Waals surface area contributed by atoms with Gasteiger partial charge in [-0.2, -0.15) is 0 Å². The fraction of sp³-hybridized carbons (Fsp3) is 0.588. The van der Waals surface area contributed by atoms with Crippen molar-refractivity contribution in [2.24, 2.45) is 11.8 Å². The molecule has 1 aromatic carbocycles. The van der Waals surface area contributed by atoms with E-state index in [2.05, 4.69) is 29.4 Å². The molecule has 1 amide bonds. The van der Waals surface area contributed by atoms with E-state index in [9.17, 15) is 4.79 Å². The lowest BCUT2D eigenvalue weighted by Gasteiger charge is -2.30. The van der Waals surface area contributed by atoms with Crippen LogP contribution in [0.25, 0.3) is 0 Å². The van der Waals surface area contributed by atoms with E-state index in [0.29, 0.717) is 0 Å². The number of amides is 1. The molecule has 1 aromatic rings. The lowest BCUT2D eigenvalue weighted by Crippen LogP contribution is -2.42. The largest absolute Gasteiger partial charge is 0.494 e. The van der Waals surface area contributed by atoms with E-state index >= 15 is 0 Å². The van der Waals surface area contributed by atoms with Crippen LogP contribution >= 0.6 is 0 Å². The monoisotopic (exact) mass is 305 g/mol. The van der Waals surface area contributed by atoms with Crippen molar-refractivity contribution in [1.82, 2.24) is 10.3 Å². The molecule has 0 saturated carbocycles. The van der Waals surface area contributed by atoms with E-state index in [1.54, 1.807) is 0 Å². The number of ether oxygens (including phenoxy) is 1. The molecule has 3 N–H and O–H groups in total. The number of unbranched alkanes of at least 4 members (excludes halogenated alkanes) is 1. The quantitative estimate of drug-likeness (QED) is 0.350. The average molecular weight is 305 g/mol. The van der Waals surface area contributed by atoms with E-state index in [1.807, 2.05) is 12.1 Å². The Morgan fingerprint density at radius 3 is 2.59 bits per heavy atom. The number of hydrogen-bond donors (Lipinski definition) is 2. The normalized spacial score (nSPS) is 16.5. The van der Waals surface area contributed by atoms with Crippen molar-refractivity contribution in [2.75, 3.05) is 19.7 Å². The van der Waals surface area contributed by atoms with Crippen LogP contribution in [0.4, 0.5) is 0 Å². The van der Waals surface area contributed by atoms with Crippen LogP contribution in [0.3, 0.4) is 0 Å². The molecule has 2 rings (SSSR count). The summed E-state index contributed by atoms with van der Waals surface area (Å²) in [5, 5.41) is 0. The van der Waals surface area contributed by atoms with E-state index in [1.165, 1.54) is 5.56 Å². The van der Waals surface area contributed by atoms with Crippen molar-refractivity contribution < 1.29 is 9.53 Å². The number of nitrogens with one attached hydrogen (secondary N) is 1. The van der Waals surface area contributed by atoms with E-state index in [4.69, 9.17) is 10.6 Å². The molecule has 1 heterocycles. The minimum atomic E-state index is -0.0340. The van der Waals surface area contributed by atoms with E-state index in [0.717, 1.165) is 57.7 Å². The smallest absolute Gasteiger partial charge is 0.237 e. The SMILES string of the molecule is CCCCOc1ccc(CN2CCC(C(=O)NN)CC2)cc1. The lowest BCUT2D eigenvalue weighted by atomic mass is 9.96. The fourth-order valence-electron chi connectivity index (χ4n) is 2.75. The summed E-state index contributed by atoms with van der Waals surface area (Å²) in [6.45, 7) is 5.74. The van der Waals surface area contributed by atoms with Crippen LogP contribution in [0.15, 0.2) is 24.3 Å². The van der Waals surface area contributed by atoms with Crippen LogP contribution in [-0.2, 0) is 11.3 Å². The zero-order chi connectivity index (χ0) is 15.8. The van der Waals surface area contributed by atoms with Crippen LogP contribution in [0, 0.1) is 5.92 Å². The predicted octanol–water partition coefficient (Wildman–Crippen LogP) is 2.07. The van der Waals surface area contributed by atoms with Gasteiger partial charge in [0.2, 0.25) is 5.91 Å². The Morgan fingerprint density at radius 2 is 2.00 bits per heavy atom. The summed E-state index contributed by atoms with van der Waals surface area (Å²) in [7, 11) is 0. The molecule has 0 atom stereocenters. The van der Waals surface area contributed by atoms with Gasteiger partial charge in [-0.05, 0) is 50.0 Å². The summed E-state index contributed by atoms with van der Waals surface area (Å²) in [5.41, 5.74) is 3.54. The molecule has 0 bridgehead atoms. The summed E-state index contributed by atoms with van der Waals surface area (Å²) < 4.78 is 5.67. The first-order valence-electron chi connectivity index (χ1n) is 8.17. The first-order chi connectivity index (χ1) is 10.7. The summed E-state index contributed by atoms with van der Waals surface area (Å²) >= 11 is 0. The van der Waals surface area contributed by atoms with E-state index < -0.39 is 0 Å². The number of piperidine rings is 1. The van der Waals surface area contributed by atoms with Gasteiger partial charge in [0.05, 0.1) is 6.61 Å². The summed E-state index contributed by atoms with van der Waals surface area (Å²) in [6, 6.07) is 8.33. The van der Waals surface area contributed by atoms with Crippen LogP contribution < -0.4 is 16.0 Å². The maximum atomic E-state index is 11.5. The second kappa shape index (κ2) is 8.76. The Hall–Kier alpha value is -1.59. The highest BCUT2D eigenvalue weighted by molar-refractivity contribution is 5.78. The minimum absolute atomic E-state index is 0.0340. The molecule has 5 heteroatoms. The molecular weight excluding hydrogens is 278 g/mol. The second-order valence-corrected chi connectivity index (χ2v) is 5.90. The molecule has 0 radical (unpaired) electrons. The molecule has 1 saturated heterocycles. The number of likely N-dealkylation sites (tertiary alicyclic amines) is 1. The van der Waals surface area contributed by atoms with Crippen LogP contribution in [-0.4, -0.2) is 30.5 Å². The molecule has 0 aliphatic carbocycles. The summed E-state index contributed by atoms with van der Waals surface area (Å²) in [6.07, 6.45) is 3.99. The van der Waals surface area contributed by atoms with Gasteiger partial charge in [-0.1, -0.05) is 25.5 Å². The van der Waals surface area contributed by atoms with Crippen LogP contribution in [0.5, 0.6) is 5.75 Å². The number of carbonyl (C=O) groups excluding carboxylic acids is 1. The Morgan fingerprint density at radius 1 is 1.32 bits per heavy atom. The van der Waals surface area contributed by atoms with Crippen molar-refractivity contribution in [3.05, 3.63) is 29.8 Å². The Balaban J connectivity index is 1.76. The van der Waals surface area contributed by atoms with Gasteiger partial charge in [0.15, 0.2) is 0 Å². The Bertz CT molecular complexity index is 453. The topological polar surface area (TPSA) is 67.6 Å². The van der Waals surface area contributed by atoms with Gasteiger partial charge >= 0.3 is 0 Å². The number of rotatable bonds is 7. The predicted molar refractivity (Wildman–Crippen MR) is 87.2 cm³/mol. The highest BCUT2D eigenvalue weighted by Gasteiger charge is 2.24. The van der Waals surface area contributed by atoms with Gasteiger partial charge in [0.25, 0.3) is 0 Å². The Kier molecular flexibility index (Phi) is 6.68. The molecule has 0 aromatic heterocycles. The van der Waals surface area contributed by atoms with Gasteiger partial charge in [-0.15, -0.1) is 0 Å². The standard InChI is InChI=1S/C17H27N3O2/c1-2-3-12-22-16-6-4-14(5-7-16)13-20-10-8-15(9-11-20)17(21)19-18/h4-7,15H,2-3,8-13,18H2,1H3,(H,19,21). The van der Waals surface area contributed by atoms with Gasteiger partial charge in [-0.25, -0.2) is 5.84 Å². The zero-order valence-corrected chi connectivity index (χ0v) is 13.4. The third-order valence-electron chi connectivity index (χ3n) is 4.20. The summed E-state index contributed by atoms with van der Waals surface area (Å²) in [4.78, 5) is 13.9. The molecule has 22 heavy (non-hydrogen) atoms. The third-order valence-corrected chi connectivity index (χ3v) is 4.20. The number of nitrogens with zero attached hydrogens (tertiary/aromatic N) is 1. The molecule has 1 fully saturated rings. The van der Waals surface area contributed by atoms with Crippen molar-refractivity contribution in [3.8, 4) is 5.75 Å². The fourth-order valence-corrected chi connectivity index (χ4v) is 2.75. The van der Waals surface area contributed by atoms with Gasteiger partial charge in [-0.3, -0.25) is 15.1 Å². The molecule has 1 aliphatic rings. The maximum absolute atomic E-state index is 11.5. The van der Waals surface area contributed by atoms with Gasteiger partial charge in [0.1, 0.15) is 5.75 Å². The molecule has 122 valence electrons. The Labute approximate surface area is 132 Å². The maximum Gasteiger partial charge on any atom is 0.237 e. The van der Waals surface area contributed by atoms with Crippen molar-refractivity contribution >= 4 is 5.91 Å². The first-order valence-corrected chi connectivity index (χ1v) is 8.17. The molecule has 0 unspecified atom stereocenters. The van der Waals surface area contributed by atoms with Crippen molar-refractivity contribution in [3.63, 3.8) is 0 Å². The number of hydrogen-bond acceptors (Lipinski definition) is 4. The minimum Gasteiger partial charge on any atom is -0.494 e. The van der Waals surface area contributed by atoms with Crippen LogP contribution in [0.1, 0.15) is 38.2 Å². The van der Waals surface area contributed by atoms with Crippen LogP contribution in [0.2, 0.25) is 0 Å². The average Bonchev–Trinajstić information content (AvgIpc) is 2.57. The number of benzene rings is 1. The first kappa shape index (κ1) is 16.8. The lowest BCUT2D eigenvalue weighted by molar-refractivity contribution is -0.126. The molecule has 0 spiro atoms. The van der Waals surface area contributed by atoms with Gasteiger partial charge in [0, 0.05) is 12.5 Å².